The smallest absolute Gasteiger partial charge is 0.0424 e. The SMILES string of the molecule is C=c1c2c([nH]/c1=C/C)=CCC=2. The van der Waals surface area contributed by atoms with Crippen LogP contribution in [-0.2, 0) is 0 Å². The minimum atomic E-state index is 1.05. The molecule has 0 amide bonds. The van der Waals surface area contributed by atoms with Crippen LogP contribution in [0.3, 0.4) is 0 Å². The first-order valence-electron chi connectivity index (χ1n) is 3.86. The number of rotatable bonds is 0. The minimum absolute atomic E-state index is 1.05. The standard InChI is InChI=1S/C10H11N/c1-3-9-7(2)8-5-4-6-10(8)11-9/h3,5-6,11H,2,4H2,1H3/b9-3+. The van der Waals surface area contributed by atoms with Gasteiger partial charge in [0.2, 0.25) is 0 Å². The van der Waals surface area contributed by atoms with E-state index >= 15 is 0 Å². The molecule has 0 aliphatic heterocycles. The van der Waals surface area contributed by atoms with E-state index in [4.69, 9.17) is 0 Å². The summed E-state index contributed by atoms with van der Waals surface area (Å²) in [4.78, 5) is 3.31. The summed E-state index contributed by atoms with van der Waals surface area (Å²) in [6, 6.07) is 0. The molecule has 0 unspecified atom stereocenters. The molecule has 0 saturated heterocycles. The Morgan fingerprint density at radius 2 is 2.36 bits per heavy atom. The second-order valence-electron chi connectivity index (χ2n) is 2.78. The van der Waals surface area contributed by atoms with Crippen LogP contribution in [0.4, 0.5) is 0 Å². The fraction of sp³-hybridized carbons (Fsp3) is 0.200. The quantitative estimate of drug-likeness (QED) is 0.491. The van der Waals surface area contributed by atoms with Gasteiger partial charge in [-0.3, -0.25) is 0 Å². The van der Waals surface area contributed by atoms with Crippen LogP contribution in [0.25, 0.3) is 24.8 Å². The van der Waals surface area contributed by atoms with Gasteiger partial charge in [0.15, 0.2) is 0 Å². The summed E-state index contributed by atoms with van der Waals surface area (Å²) in [7, 11) is 0. The lowest BCUT2D eigenvalue weighted by molar-refractivity contribution is 1.25. The van der Waals surface area contributed by atoms with Crippen molar-refractivity contribution in [3.05, 3.63) is 21.1 Å². The average Bonchev–Trinajstić information content (AvgIpc) is 2.53. The molecule has 0 spiro atoms. The maximum atomic E-state index is 4.01. The zero-order chi connectivity index (χ0) is 7.84. The number of fused-ring (bicyclic) bond motifs is 1. The van der Waals surface area contributed by atoms with E-state index in [-0.39, 0.29) is 0 Å². The van der Waals surface area contributed by atoms with Crippen molar-refractivity contribution in [3.63, 3.8) is 0 Å². The van der Waals surface area contributed by atoms with Crippen LogP contribution in [0, 0.1) is 0 Å². The zero-order valence-corrected chi connectivity index (χ0v) is 6.65. The molecule has 1 aromatic rings. The monoisotopic (exact) mass is 145 g/mol. The topological polar surface area (TPSA) is 15.8 Å². The van der Waals surface area contributed by atoms with E-state index in [1.54, 1.807) is 0 Å². The van der Waals surface area contributed by atoms with Crippen molar-refractivity contribution in [2.75, 3.05) is 0 Å². The van der Waals surface area contributed by atoms with Crippen molar-refractivity contribution in [3.8, 4) is 0 Å². The van der Waals surface area contributed by atoms with E-state index in [9.17, 15) is 0 Å². The molecule has 2 rings (SSSR count). The first kappa shape index (κ1) is 6.47. The van der Waals surface area contributed by atoms with Crippen LogP contribution in [0.1, 0.15) is 13.3 Å². The van der Waals surface area contributed by atoms with Gasteiger partial charge >= 0.3 is 0 Å². The van der Waals surface area contributed by atoms with Gasteiger partial charge in [-0.1, -0.05) is 24.8 Å². The second kappa shape index (κ2) is 2.12. The normalized spacial score (nSPS) is 15.9. The number of aromatic amines is 1. The van der Waals surface area contributed by atoms with Crippen LogP contribution in [0.2, 0.25) is 0 Å². The largest absolute Gasteiger partial charge is 0.355 e. The summed E-state index contributed by atoms with van der Waals surface area (Å²) in [5.41, 5.74) is 0. The first-order valence-corrected chi connectivity index (χ1v) is 3.86. The third-order valence-corrected chi connectivity index (χ3v) is 2.14. The molecule has 56 valence electrons. The molecule has 0 bridgehead atoms. The fourth-order valence-electron chi connectivity index (χ4n) is 1.53. The Hall–Kier alpha value is -1.24. The summed E-state index contributed by atoms with van der Waals surface area (Å²) in [5, 5.41) is 4.82. The van der Waals surface area contributed by atoms with Crippen molar-refractivity contribution in [1.82, 2.24) is 4.98 Å². The highest BCUT2D eigenvalue weighted by Gasteiger charge is 1.95. The van der Waals surface area contributed by atoms with Gasteiger partial charge in [0, 0.05) is 15.9 Å². The molecule has 0 aromatic carbocycles. The van der Waals surface area contributed by atoms with E-state index in [1.165, 1.54) is 10.6 Å². The fourth-order valence-corrected chi connectivity index (χ4v) is 1.53. The van der Waals surface area contributed by atoms with Crippen LogP contribution in [0.15, 0.2) is 0 Å². The van der Waals surface area contributed by atoms with E-state index in [0.717, 1.165) is 17.0 Å². The maximum Gasteiger partial charge on any atom is 0.0424 e. The summed E-state index contributed by atoms with van der Waals surface area (Å²) < 4.78 is 0. The number of H-pyrrole nitrogens is 1. The molecule has 0 atom stereocenters. The van der Waals surface area contributed by atoms with Gasteiger partial charge in [-0.25, -0.2) is 0 Å². The Balaban J connectivity index is 3.14. The third-order valence-electron chi connectivity index (χ3n) is 2.14. The number of nitrogens with one attached hydrogen (secondary N) is 1. The third kappa shape index (κ3) is 0.773. The molecular formula is C10H11N. The Labute approximate surface area is 65.1 Å². The lowest BCUT2D eigenvalue weighted by Gasteiger charge is -1.74. The Morgan fingerprint density at radius 3 is 3.00 bits per heavy atom. The Bertz CT molecular complexity index is 479. The van der Waals surface area contributed by atoms with Gasteiger partial charge in [-0.05, 0) is 18.6 Å². The minimum Gasteiger partial charge on any atom is -0.355 e. The van der Waals surface area contributed by atoms with Crippen molar-refractivity contribution < 1.29 is 0 Å². The van der Waals surface area contributed by atoms with E-state index in [1.807, 2.05) is 6.92 Å². The molecule has 0 radical (unpaired) electrons. The maximum absolute atomic E-state index is 4.01. The molecule has 11 heavy (non-hydrogen) atoms. The summed E-state index contributed by atoms with van der Waals surface area (Å²) in [5.74, 6) is 0. The van der Waals surface area contributed by atoms with Crippen molar-refractivity contribution >= 4 is 24.8 Å². The van der Waals surface area contributed by atoms with Gasteiger partial charge in [-0.2, -0.15) is 0 Å². The van der Waals surface area contributed by atoms with Gasteiger partial charge in [0.25, 0.3) is 0 Å². The lowest BCUT2D eigenvalue weighted by atomic mass is 10.3. The highest BCUT2D eigenvalue weighted by molar-refractivity contribution is 5.45. The summed E-state index contributed by atoms with van der Waals surface area (Å²) in [6.07, 6.45) is 7.51. The number of hydrogen-bond acceptors (Lipinski definition) is 0. The molecule has 1 nitrogen and oxygen atoms in total. The molecule has 1 heterocycles. The van der Waals surface area contributed by atoms with E-state index in [0.29, 0.717) is 0 Å². The van der Waals surface area contributed by atoms with Crippen LogP contribution < -0.4 is 21.1 Å². The molecule has 1 N–H and O–H groups in total. The molecular weight excluding hydrogens is 134 g/mol. The second-order valence-corrected chi connectivity index (χ2v) is 2.78. The highest BCUT2D eigenvalue weighted by atomic mass is 14.7. The van der Waals surface area contributed by atoms with Crippen molar-refractivity contribution in [2.24, 2.45) is 0 Å². The molecule has 1 aliphatic rings. The molecule has 1 heteroatoms. The Morgan fingerprint density at radius 1 is 1.55 bits per heavy atom. The average molecular weight is 145 g/mol. The lowest BCUT2D eigenvalue weighted by Crippen LogP contribution is -2.34. The predicted molar refractivity (Wildman–Crippen MR) is 48.5 cm³/mol. The van der Waals surface area contributed by atoms with Crippen molar-refractivity contribution in [1.29, 1.82) is 0 Å². The highest BCUT2D eigenvalue weighted by Crippen LogP contribution is 1.82. The molecule has 0 saturated carbocycles. The first-order chi connectivity index (χ1) is 5.33. The Kier molecular flexibility index (Phi) is 1.25. The van der Waals surface area contributed by atoms with Gasteiger partial charge < -0.3 is 4.98 Å². The van der Waals surface area contributed by atoms with Gasteiger partial charge in [0.05, 0.1) is 0 Å². The number of aromatic nitrogens is 1. The summed E-state index contributed by atoms with van der Waals surface area (Å²) >= 11 is 0. The zero-order valence-electron chi connectivity index (χ0n) is 6.65. The molecule has 1 aromatic heterocycles. The number of hydrogen-bond donors (Lipinski definition) is 1. The van der Waals surface area contributed by atoms with Crippen molar-refractivity contribution in [2.45, 2.75) is 13.3 Å². The van der Waals surface area contributed by atoms with Gasteiger partial charge in [0.1, 0.15) is 0 Å². The predicted octanol–water partition coefficient (Wildman–Crippen LogP) is -0.810. The van der Waals surface area contributed by atoms with Crippen LogP contribution in [0.5, 0.6) is 0 Å². The molecule has 1 aliphatic carbocycles. The van der Waals surface area contributed by atoms with Crippen LogP contribution >= 0.6 is 0 Å². The van der Waals surface area contributed by atoms with E-state index in [2.05, 4.69) is 29.8 Å². The van der Waals surface area contributed by atoms with E-state index < -0.39 is 0 Å². The van der Waals surface area contributed by atoms with Gasteiger partial charge in [-0.15, -0.1) is 0 Å². The molecule has 0 fully saturated rings. The van der Waals surface area contributed by atoms with Crippen LogP contribution in [-0.4, -0.2) is 4.98 Å². The summed E-state index contributed by atoms with van der Waals surface area (Å²) in [6.45, 7) is 6.03.